The molecule has 0 spiro atoms. The molecular weight excluding hydrogens is 268 g/mol. The molecule has 0 saturated carbocycles. The van der Waals surface area contributed by atoms with E-state index < -0.39 is 0 Å². The number of aliphatic hydroxyl groups is 1. The van der Waals surface area contributed by atoms with Gasteiger partial charge in [0.25, 0.3) is 0 Å². The monoisotopic (exact) mass is 300 g/mol. The molecule has 0 fully saturated rings. The molecule has 0 amide bonds. The first-order valence-corrected chi connectivity index (χ1v) is 8.35. The highest BCUT2D eigenvalue weighted by Gasteiger charge is 2.28. The van der Waals surface area contributed by atoms with Gasteiger partial charge in [0, 0.05) is 0 Å². The molecule has 1 heteroatoms. The predicted molar refractivity (Wildman–Crippen MR) is 97.3 cm³/mol. The highest BCUT2D eigenvalue weighted by Crippen LogP contribution is 2.37. The van der Waals surface area contributed by atoms with Crippen LogP contribution in [-0.4, -0.2) is 11.7 Å². The van der Waals surface area contributed by atoms with Gasteiger partial charge < -0.3 is 5.11 Å². The maximum atomic E-state index is 8.55. The Morgan fingerprint density at radius 3 is 2.41 bits per heavy atom. The third-order valence-electron chi connectivity index (χ3n) is 4.30. The fourth-order valence-corrected chi connectivity index (χ4v) is 2.83. The van der Waals surface area contributed by atoms with Crippen LogP contribution in [0.15, 0.2) is 47.6 Å². The lowest BCUT2D eigenvalue weighted by Gasteiger charge is -2.18. The number of hydrogen-bond donors (Lipinski definition) is 1. The zero-order valence-electron chi connectivity index (χ0n) is 14.9. The highest BCUT2D eigenvalue weighted by molar-refractivity contribution is 5.37. The summed E-state index contributed by atoms with van der Waals surface area (Å²) in [6.45, 7) is 11.1. The Morgan fingerprint density at radius 2 is 1.82 bits per heavy atom. The first kappa shape index (κ1) is 18.7. The minimum atomic E-state index is 0.167. The van der Waals surface area contributed by atoms with Crippen molar-refractivity contribution in [3.8, 4) is 0 Å². The molecule has 1 aromatic rings. The predicted octanol–water partition coefficient (Wildman–Crippen LogP) is 5.58. The van der Waals surface area contributed by atoms with Crippen molar-refractivity contribution >= 4 is 0 Å². The molecule has 22 heavy (non-hydrogen) atoms. The number of hydrogen-bond acceptors (Lipinski definition) is 1. The largest absolute Gasteiger partial charge is 0.392 e. The fraction of sp³-hybridized carbons (Fsp3) is 0.524. The van der Waals surface area contributed by atoms with E-state index in [1.165, 1.54) is 24.0 Å². The van der Waals surface area contributed by atoms with E-state index >= 15 is 0 Å². The summed E-state index contributed by atoms with van der Waals surface area (Å²) in [7, 11) is 0. The normalized spacial score (nSPS) is 15.6. The SMILES string of the molecule is CC(C)=CCC/C(C)=C\CO.CC1(C)CCc2ccccc21. The van der Waals surface area contributed by atoms with Crippen molar-refractivity contribution in [1.82, 2.24) is 0 Å². The summed E-state index contributed by atoms with van der Waals surface area (Å²) in [5.74, 6) is 0. The summed E-state index contributed by atoms with van der Waals surface area (Å²) in [5.41, 5.74) is 6.17. The van der Waals surface area contributed by atoms with Crippen LogP contribution >= 0.6 is 0 Å². The average Bonchev–Trinajstić information content (AvgIpc) is 2.76. The summed E-state index contributed by atoms with van der Waals surface area (Å²) < 4.78 is 0. The van der Waals surface area contributed by atoms with Crippen LogP contribution in [0.4, 0.5) is 0 Å². The van der Waals surface area contributed by atoms with E-state index in [4.69, 9.17) is 5.11 Å². The first-order valence-electron chi connectivity index (χ1n) is 8.35. The topological polar surface area (TPSA) is 20.2 Å². The molecule has 0 heterocycles. The molecular formula is C21H32O. The minimum Gasteiger partial charge on any atom is -0.392 e. The van der Waals surface area contributed by atoms with Gasteiger partial charge in [-0.15, -0.1) is 0 Å². The molecule has 1 aliphatic carbocycles. The van der Waals surface area contributed by atoms with Gasteiger partial charge in [-0.25, -0.2) is 0 Å². The average molecular weight is 300 g/mol. The summed E-state index contributed by atoms with van der Waals surface area (Å²) in [6.07, 6.45) is 8.81. The second-order valence-electron chi connectivity index (χ2n) is 7.09. The number of aliphatic hydroxyl groups excluding tert-OH is 1. The number of fused-ring (bicyclic) bond motifs is 1. The highest BCUT2D eigenvalue weighted by atomic mass is 16.2. The Morgan fingerprint density at radius 1 is 1.14 bits per heavy atom. The van der Waals surface area contributed by atoms with Gasteiger partial charge in [-0.3, -0.25) is 0 Å². The molecule has 0 unspecified atom stereocenters. The van der Waals surface area contributed by atoms with Crippen molar-refractivity contribution in [3.05, 3.63) is 58.7 Å². The lowest BCUT2D eigenvalue weighted by molar-refractivity contribution is 0.341. The van der Waals surface area contributed by atoms with Crippen molar-refractivity contribution in [2.45, 2.75) is 65.7 Å². The standard InChI is InChI=1S/C11H14.C10H18O/c1-11(2)8-7-9-5-3-4-6-10(9)11;1-9(2)5-4-6-10(3)7-8-11/h3-6H,7-8H2,1-2H3;5,7,11H,4,6,8H2,1-3H3/b;10-7-. The molecule has 0 radical (unpaired) electrons. The van der Waals surface area contributed by atoms with E-state index in [1.54, 1.807) is 11.1 Å². The minimum absolute atomic E-state index is 0.167. The van der Waals surface area contributed by atoms with Crippen molar-refractivity contribution in [2.75, 3.05) is 6.61 Å². The van der Waals surface area contributed by atoms with Crippen molar-refractivity contribution in [2.24, 2.45) is 0 Å². The summed E-state index contributed by atoms with van der Waals surface area (Å²) in [5, 5.41) is 8.55. The third-order valence-corrected chi connectivity index (χ3v) is 4.30. The van der Waals surface area contributed by atoms with E-state index in [0.29, 0.717) is 5.41 Å². The molecule has 0 bridgehead atoms. The smallest absolute Gasteiger partial charge is 0.0614 e. The summed E-state index contributed by atoms with van der Waals surface area (Å²) in [4.78, 5) is 0. The van der Waals surface area contributed by atoms with E-state index in [-0.39, 0.29) is 6.61 Å². The van der Waals surface area contributed by atoms with Crippen LogP contribution in [0, 0.1) is 0 Å². The zero-order valence-corrected chi connectivity index (χ0v) is 14.9. The maximum absolute atomic E-state index is 8.55. The fourth-order valence-electron chi connectivity index (χ4n) is 2.83. The Hall–Kier alpha value is -1.34. The quantitative estimate of drug-likeness (QED) is 0.719. The zero-order chi connectivity index (χ0) is 16.6. The van der Waals surface area contributed by atoms with Crippen molar-refractivity contribution < 1.29 is 5.11 Å². The molecule has 0 aromatic heterocycles. The Balaban J connectivity index is 0.000000220. The van der Waals surface area contributed by atoms with Gasteiger partial charge >= 0.3 is 0 Å². The van der Waals surface area contributed by atoms with E-state index in [9.17, 15) is 0 Å². The second-order valence-corrected chi connectivity index (χ2v) is 7.09. The second kappa shape index (κ2) is 8.95. The molecule has 0 atom stereocenters. The van der Waals surface area contributed by atoms with Gasteiger partial charge in [-0.2, -0.15) is 0 Å². The van der Waals surface area contributed by atoms with Gasteiger partial charge in [0.1, 0.15) is 0 Å². The molecule has 0 saturated heterocycles. The molecule has 1 nitrogen and oxygen atoms in total. The first-order chi connectivity index (χ1) is 10.4. The molecule has 122 valence electrons. The Kier molecular flexibility index (Phi) is 7.61. The van der Waals surface area contributed by atoms with Crippen LogP contribution < -0.4 is 0 Å². The number of allylic oxidation sites excluding steroid dienone is 3. The number of aryl methyl sites for hydroxylation is 1. The van der Waals surface area contributed by atoms with Crippen LogP contribution in [0.1, 0.15) is 65.0 Å². The number of benzene rings is 1. The summed E-state index contributed by atoms with van der Waals surface area (Å²) >= 11 is 0. The van der Waals surface area contributed by atoms with Crippen LogP contribution in [0.2, 0.25) is 0 Å². The molecule has 1 aliphatic rings. The maximum Gasteiger partial charge on any atom is 0.0614 e. The lowest BCUT2D eigenvalue weighted by Crippen LogP contribution is -2.11. The van der Waals surface area contributed by atoms with E-state index in [0.717, 1.165) is 12.8 Å². The van der Waals surface area contributed by atoms with E-state index in [1.807, 2.05) is 6.08 Å². The van der Waals surface area contributed by atoms with Gasteiger partial charge in [0.15, 0.2) is 0 Å². The molecule has 1 N–H and O–H groups in total. The van der Waals surface area contributed by atoms with Crippen LogP contribution in [0.3, 0.4) is 0 Å². The van der Waals surface area contributed by atoms with Gasteiger partial charge in [-0.05, 0) is 63.0 Å². The van der Waals surface area contributed by atoms with Gasteiger partial charge in [0.2, 0.25) is 0 Å². The van der Waals surface area contributed by atoms with Crippen LogP contribution in [0.5, 0.6) is 0 Å². The van der Waals surface area contributed by atoms with Crippen molar-refractivity contribution in [3.63, 3.8) is 0 Å². The number of rotatable bonds is 4. The summed E-state index contributed by atoms with van der Waals surface area (Å²) in [6, 6.07) is 8.80. The molecule has 2 rings (SSSR count). The molecule has 1 aromatic carbocycles. The lowest BCUT2D eigenvalue weighted by atomic mass is 9.87. The Labute approximate surface area is 136 Å². The van der Waals surface area contributed by atoms with Gasteiger partial charge in [-0.1, -0.05) is 61.4 Å². The van der Waals surface area contributed by atoms with Gasteiger partial charge in [0.05, 0.1) is 6.61 Å². The van der Waals surface area contributed by atoms with Crippen LogP contribution in [-0.2, 0) is 11.8 Å². The third kappa shape index (κ3) is 6.19. The van der Waals surface area contributed by atoms with Crippen molar-refractivity contribution in [1.29, 1.82) is 0 Å². The Bertz CT molecular complexity index is 516. The van der Waals surface area contributed by atoms with E-state index in [2.05, 4.69) is 65.0 Å². The van der Waals surface area contributed by atoms with Crippen LogP contribution in [0.25, 0.3) is 0 Å². The molecule has 0 aliphatic heterocycles.